The Morgan fingerprint density at radius 1 is 1.29 bits per heavy atom. The van der Waals surface area contributed by atoms with Crippen molar-refractivity contribution in [2.45, 2.75) is 18.0 Å². The summed E-state index contributed by atoms with van der Waals surface area (Å²) in [7, 11) is 1.28. The van der Waals surface area contributed by atoms with E-state index in [0.29, 0.717) is 11.3 Å². The Bertz CT molecular complexity index is 1750. The summed E-state index contributed by atoms with van der Waals surface area (Å²) in [6.45, 7) is 0.266. The van der Waals surface area contributed by atoms with Crippen LogP contribution in [0.5, 0.6) is 0 Å². The van der Waals surface area contributed by atoms with Crippen molar-refractivity contribution in [3.05, 3.63) is 71.7 Å². The van der Waals surface area contributed by atoms with Gasteiger partial charge in [-0.2, -0.15) is 9.67 Å². The second-order valence-electron chi connectivity index (χ2n) is 9.16. The number of oxime groups is 1. The van der Waals surface area contributed by atoms with E-state index in [2.05, 4.69) is 20.7 Å². The Kier molecular flexibility index (Phi) is 6.88. The molecular weight excluding hydrogens is 568 g/mol. The van der Waals surface area contributed by atoms with Gasteiger partial charge in [0.05, 0.1) is 5.69 Å². The Labute approximate surface area is 240 Å². The van der Waals surface area contributed by atoms with Crippen LogP contribution >= 0.6 is 23.1 Å². The van der Waals surface area contributed by atoms with Gasteiger partial charge in [-0.1, -0.05) is 35.5 Å². The minimum absolute atomic E-state index is 0.0753. The van der Waals surface area contributed by atoms with Crippen LogP contribution in [0.15, 0.2) is 71.2 Å². The highest BCUT2D eigenvalue weighted by Crippen LogP contribution is 2.40. The van der Waals surface area contributed by atoms with Crippen LogP contribution in [0.25, 0.3) is 20.9 Å². The summed E-state index contributed by atoms with van der Waals surface area (Å²) in [6, 6.07) is 14.1. The zero-order valence-corrected chi connectivity index (χ0v) is 23.1. The predicted molar refractivity (Wildman–Crippen MR) is 151 cm³/mol. The standard InChI is InChI=1S/C26H22N8O5S2/c1-39-32-18(16-10-17(27)31-30-16)21(35)29-19-23(36)34-20(26(37)38)14(12-40-25(19)34)11-33-9-5-8-15-24(33)41-22(28-15)13-6-3-2-4-7-13/h2-10,19,25H,11-12H2,1H3,(H4-,27,29,30,31,32,35,37,38)/p+1/t19?,25-/m0/s1. The number of benzene rings is 1. The molecule has 5 N–H and O–H groups in total. The number of carboxylic acids is 1. The predicted octanol–water partition coefficient (Wildman–Crippen LogP) is 1.35. The lowest BCUT2D eigenvalue weighted by molar-refractivity contribution is -0.661. The van der Waals surface area contributed by atoms with Crippen molar-refractivity contribution in [2.75, 3.05) is 18.6 Å². The fourth-order valence-corrected chi connectivity index (χ4v) is 7.13. The molecular formula is C26H23N8O5S2+. The molecule has 6 rings (SSSR count). The van der Waals surface area contributed by atoms with Crippen LogP contribution in [-0.4, -0.2) is 73.0 Å². The highest BCUT2D eigenvalue weighted by atomic mass is 32.2. The van der Waals surface area contributed by atoms with Crippen molar-refractivity contribution in [3.63, 3.8) is 0 Å². The zero-order valence-electron chi connectivity index (χ0n) is 21.5. The SMILES string of the molecule is CON=C(C(=O)NC1C(=O)N2C(C(=O)O)=C(C[n+]3cccc4nc(-c5ccccc5)sc43)CS[C@@H]12)c1cc(N)n[nH]1. The Hall–Kier alpha value is -4.76. The van der Waals surface area contributed by atoms with Crippen LogP contribution in [0.2, 0.25) is 0 Å². The molecule has 0 aliphatic carbocycles. The normalized spacial score (nSPS) is 18.7. The number of carbonyl (C=O) groups excluding carboxylic acids is 2. The van der Waals surface area contributed by atoms with Crippen LogP contribution in [0.4, 0.5) is 5.82 Å². The number of carbonyl (C=O) groups is 3. The summed E-state index contributed by atoms with van der Waals surface area (Å²) in [5, 5.41) is 23.2. The van der Waals surface area contributed by atoms with Crippen LogP contribution in [0.3, 0.4) is 0 Å². The van der Waals surface area contributed by atoms with E-state index in [4.69, 9.17) is 15.6 Å². The molecule has 1 unspecified atom stereocenters. The quantitative estimate of drug-likeness (QED) is 0.102. The summed E-state index contributed by atoms with van der Waals surface area (Å²) in [5.41, 5.74) is 7.99. The number of hydrogen-bond acceptors (Lipinski definition) is 10. The number of β-lactam (4-membered cyclic amide) rings is 1. The smallest absolute Gasteiger partial charge is 0.352 e. The Balaban J connectivity index is 1.25. The molecule has 0 radical (unpaired) electrons. The molecule has 1 saturated heterocycles. The average Bonchev–Trinajstić information content (AvgIpc) is 3.61. The van der Waals surface area contributed by atoms with Crippen LogP contribution < -0.4 is 15.6 Å². The maximum Gasteiger partial charge on any atom is 0.352 e. The molecule has 1 fully saturated rings. The van der Waals surface area contributed by atoms with Gasteiger partial charge in [-0.25, -0.2) is 9.78 Å². The lowest BCUT2D eigenvalue weighted by Gasteiger charge is -2.49. The second-order valence-corrected chi connectivity index (χ2v) is 11.2. The maximum absolute atomic E-state index is 13.2. The number of nitrogen functional groups attached to an aromatic ring is 1. The van der Waals surface area contributed by atoms with Gasteiger partial charge in [0.15, 0.2) is 18.5 Å². The number of fused-ring (bicyclic) bond motifs is 2. The van der Waals surface area contributed by atoms with Gasteiger partial charge in [0, 0.05) is 29.0 Å². The minimum Gasteiger partial charge on any atom is -0.477 e. The molecule has 3 aromatic heterocycles. The molecule has 0 bridgehead atoms. The van der Waals surface area contributed by atoms with E-state index in [9.17, 15) is 19.5 Å². The van der Waals surface area contributed by atoms with Gasteiger partial charge < -0.3 is 21.0 Å². The van der Waals surface area contributed by atoms with Crippen molar-refractivity contribution >= 4 is 62.8 Å². The lowest BCUT2D eigenvalue weighted by Crippen LogP contribution is -2.71. The molecule has 13 nitrogen and oxygen atoms in total. The van der Waals surface area contributed by atoms with Gasteiger partial charge in [0.25, 0.3) is 16.6 Å². The molecule has 5 heterocycles. The van der Waals surface area contributed by atoms with Gasteiger partial charge in [-0.15, -0.1) is 11.8 Å². The number of nitrogens with zero attached hydrogens (tertiary/aromatic N) is 5. The largest absolute Gasteiger partial charge is 0.477 e. The van der Waals surface area contributed by atoms with E-state index in [1.54, 1.807) is 0 Å². The van der Waals surface area contributed by atoms with Gasteiger partial charge in [-0.3, -0.25) is 19.6 Å². The molecule has 208 valence electrons. The lowest BCUT2D eigenvalue weighted by atomic mass is 10.0. The van der Waals surface area contributed by atoms with Crippen LogP contribution in [-0.2, 0) is 25.8 Å². The number of anilines is 1. The first-order chi connectivity index (χ1) is 19.9. The monoisotopic (exact) mass is 591 g/mol. The second kappa shape index (κ2) is 10.7. The van der Waals surface area contributed by atoms with E-state index in [0.717, 1.165) is 20.9 Å². The van der Waals surface area contributed by atoms with E-state index < -0.39 is 29.2 Å². The van der Waals surface area contributed by atoms with E-state index in [-0.39, 0.29) is 29.5 Å². The Morgan fingerprint density at radius 3 is 2.80 bits per heavy atom. The number of aromatic nitrogens is 4. The minimum atomic E-state index is -1.21. The summed E-state index contributed by atoms with van der Waals surface area (Å²) in [5.74, 6) is -1.93. The fourth-order valence-electron chi connectivity index (χ4n) is 4.76. The van der Waals surface area contributed by atoms with Gasteiger partial charge in [0.1, 0.15) is 40.6 Å². The maximum atomic E-state index is 13.2. The molecule has 4 aromatic rings. The fraction of sp³-hybridized carbons (Fsp3) is 0.192. The van der Waals surface area contributed by atoms with Crippen LogP contribution in [0, 0.1) is 0 Å². The van der Waals surface area contributed by atoms with Crippen molar-refractivity contribution in [3.8, 4) is 10.6 Å². The van der Waals surface area contributed by atoms with Crippen molar-refractivity contribution in [1.29, 1.82) is 0 Å². The first-order valence-corrected chi connectivity index (χ1v) is 14.2. The summed E-state index contributed by atoms with van der Waals surface area (Å²) >= 11 is 2.90. The molecule has 0 spiro atoms. The third kappa shape index (κ3) is 4.78. The summed E-state index contributed by atoms with van der Waals surface area (Å²) in [4.78, 5) is 50.3. The van der Waals surface area contributed by atoms with Gasteiger partial charge in [0.2, 0.25) is 0 Å². The number of aliphatic carboxylic acids is 1. The third-order valence-electron chi connectivity index (χ3n) is 6.58. The molecule has 0 saturated carbocycles. The summed E-state index contributed by atoms with van der Waals surface area (Å²) < 4.78 is 1.95. The first-order valence-electron chi connectivity index (χ1n) is 12.3. The molecule has 15 heteroatoms. The molecule has 2 atom stereocenters. The number of H-pyrrole nitrogens is 1. The van der Waals surface area contributed by atoms with E-state index >= 15 is 0 Å². The average molecular weight is 592 g/mol. The Morgan fingerprint density at radius 2 is 2.10 bits per heavy atom. The van der Waals surface area contributed by atoms with Gasteiger partial charge in [-0.05, 0) is 17.4 Å². The number of nitrogens with one attached hydrogen (secondary N) is 2. The van der Waals surface area contributed by atoms with Gasteiger partial charge >= 0.3 is 5.97 Å². The molecule has 2 aliphatic rings. The number of thiazole rings is 1. The number of aromatic amines is 1. The number of hydrogen-bond donors (Lipinski definition) is 4. The third-order valence-corrected chi connectivity index (χ3v) is 9.08. The highest BCUT2D eigenvalue weighted by molar-refractivity contribution is 8.00. The highest BCUT2D eigenvalue weighted by Gasteiger charge is 2.55. The zero-order chi connectivity index (χ0) is 28.7. The number of nitrogens with two attached hydrogens (primary N) is 1. The number of amides is 2. The van der Waals surface area contributed by atoms with Crippen molar-refractivity contribution in [1.82, 2.24) is 25.4 Å². The molecule has 41 heavy (non-hydrogen) atoms. The van der Waals surface area contributed by atoms with E-state index in [1.165, 1.54) is 41.2 Å². The first kappa shape index (κ1) is 26.5. The number of rotatable bonds is 8. The van der Waals surface area contributed by atoms with Crippen molar-refractivity contribution in [2.24, 2.45) is 5.16 Å². The van der Waals surface area contributed by atoms with E-state index in [1.807, 2.05) is 53.2 Å². The van der Waals surface area contributed by atoms with Crippen molar-refractivity contribution < 1.29 is 28.9 Å². The topological polar surface area (TPSA) is 180 Å². The number of carboxylic acid groups (broad SMARTS) is 1. The molecule has 1 aromatic carbocycles. The molecule has 2 amide bonds. The summed E-state index contributed by atoms with van der Waals surface area (Å²) in [6.07, 6.45) is 1.87. The number of thioether (sulfide) groups is 1. The van der Waals surface area contributed by atoms with Crippen LogP contribution in [0.1, 0.15) is 5.69 Å². The number of pyridine rings is 1. The molecule has 2 aliphatic heterocycles.